The Hall–Kier alpha value is -0.120. The van der Waals surface area contributed by atoms with Crippen molar-refractivity contribution in [2.24, 2.45) is 5.92 Å². The van der Waals surface area contributed by atoms with E-state index in [1.807, 2.05) is 6.92 Å². The third-order valence-electron chi connectivity index (χ3n) is 2.63. The molecular formula is C10H21NO2. The Balaban J connectivity index is 2.15. The highest BCUT2D eigenvalue weighted by atomic mass is 16.5. The third-order valence-corrected chi connectivity index (χ3v) is 2.63. The minimum Gasteiger partial charge on any atom is -0.392 e. The van der Waals surface area contributed by atoms with Gasteiger partial charge < -0.3 is 14.7 Å². The average Bonchev–Trinajstić information content (AvgIpc) is 2.08. The van der Waals surface area contributed by atoms with Crippen LogP contribution in [-0.4, -0.2) is 49.5 Å². The smallest absolute Gasteiger partial charge is 0.0639 e. The van der Waals surface area contributed by atoms with Gasteiger partial charge in [0.1, 0.15) is 0 Å². The number of hydrogen-bond acceptors (Lipinski definition) is 3. The molecule has 0 aromatic rings. The SMILES string of the molecule is COCC1CCN(C[C@H](C)O)CC1. The monoisotopic (exact) mass is 187 g/mol. The lowest BCUT2D eigenvalue weighted by atomic mass is 9.98. The van der Waals surface area contributed by atoms with Gasteiger partial charge in [-0.1, -0.05) is 0 Å². The Bertz CT molecular complexity index is 131. The normalized spacial score (nSPS) is 23.3. The summed E-state index contributed by atoms with van der Waals surface area (Å²) in [5.41, 5.74) is 0. The van der Waals surface area contributed by atoms with Crippen LogP contribution in [0.25, 0.3) is 0 Å². The predicted molar refractivity (Wildman–Crippen MR) is 52.7 cm³/mol. The first-order valence-electron chi connectivity index (χ1n) is 5.11. The Morgan fingerprint density at radius 3 is 2.54 bits per heavy atom. The fraction of sp³-hybridized carbons (Fsp3) is 1.00. The quantitative estimate of drug-likeness (QED) is 0.704. The highest BCUT2D eigenvalue weighted by Crippen LogP contribution is 2.17. The highest BCUT2D eigenvalue weighted by Gasteiger charge is 2.19. The lowest BCUT2D eigenvalue weighted by molar-refractivity contribution is 0.0718. The minimum atomic E-state index is -0.195. The van der Waals surface area contributed by atoms with Crippen LogP contribution in [0.2, 0.25) is 0 Å². The van der Waals surface area contributed by atoms with Crippen LogP contribution in [0.1, 0.15) is 19.8 Å². The number of ether oxygens (including phenoxy) is 1. The number of likely N-dealkylation sites (tertiary alicyclic amines) is 1. The van der Waals surface area contributed by atoms with Crippen LogP contribution in [0.5, 0.6) is 0 Å². The highest BCUT2D eigenvalue weighted by molar-refractivity contribution is 4.72. The largest absolute Gasteiger partial charge is 0.392 e. The van der Waals surface area contributed by atoms with Gasteiger partial charge in [-0.15, -0.1) is 0 Å². The number of piperidine rings is 1. The molecule has 1 fully saturated rings. The lowest BCUT2D eigenvalue weighted by Crippen LogP contribution is -2.38. The Kier molecular flexibility index (Phi) is 4.70. The van der Waals surface area contributed by atoms with E-state index in [1.54, 1.807) is 7.11 Å². The Morgan fingerprint density at radius 2 is 2.08 bits per heavy atom. The van der Waals surface area contributed by atoms with Crippen molar-refractivity contribution in [1.82, 2.24) is 4.90 Å². The number of methoxy groups -OCH3 is 1. The van der Waals surface area contributed by atoms with Crippen molar-refractivity contribution >= 4 is 0 Å². The van der Waals surface area contributed by atoms with Gasteiger partial charge in [0.25, 0.3) is 0 Å². The predicted octanol–water partition coefficient (Wildman–Crippen LogP) is 0.726. The van der Waals surface area contributed by atoms with Gasteiger partial charge in [0.05, 0.1) is 6.10 Å². The molecule has 0 aromatic carbocycles. The van der Waals surface area contributed by atoms with Crippen molar-refractivity contribution in [1.29, 1.82) is 0 Å². The van der Waals surface area contributed by atoms with E-state index in [-0.39, 0.29) is 6.10 Å². The van der Waals surface area contributed by atoms with E-state index in [0.29, 0.717) is 0 Å². The first-order valence-corrected chi connectivity index (χ1v) is 5.11. The summed E-state index contributed by atoms with van der Waals surface area (Å²) in [7, 11) is 1.77. The number of aliphatic hydroxyl groups excluding tert-OH is 1. The second kappa shape index (κ2) is 5.58. The summed E-state index contributed by atoms with van der Waals surface area (Å²) in [6, 6.07) is 0. The number of β-amino-alcohol motifs (C(OH)–C–C–N with tert-alkyl or cyclic N) is 1. The molecule has 1 aliphatic heterocycles. The van der Waals surface area contributed by atoms with Crippen molar-refractivity contribution in [3.05, 3.63) is 0 Å². The molecule has 1 rings (SSSR count). The van der Waals surface area contributed by atoms with Crippen LogP contribution in [0.4, 0.5) is 0 Å². The van der Waals surface area contributed by atoms with Gasteiger partial charge in [0.2, 0.25) is 0 Å². The molecule has 13 heavy (non-hydrogen) atoms. The molecule has 1 N–H and O–H groups in total. The van der Waals surface area contributed by atoms with Crippen LogP contribution >= 0.6 is 0 Å². The van der Waals surface area contributed by atoms with Gasteiger partial charge >= 0.3 is 0 Å². The molecule has 1 aliphatic rings. The molecule has 1 saturated heterocycles. The molecule has 3 nitrogen and oxygen atoms in total. The van der Waals surface area contributed by atoms with Gasteiger partial charge in [0, 0.05) is 20.3 Å². The van der Waals surface area contributed by atoms with E-state index < -0.39 is 0 Å². The zero-order valence-corrected chi connectivity index (χ0v) is 8.70. The second-order valence-electron chi connectivity index (χ2n) is 4.05. The molecular weight excluding hydrogens is 166 g/mol. The first-order chi connectivity index (χ1) is 6.22. The zero-order valence-electron chi connectivity index (χ0n) is 8.70. The maximum absolute atomic E-state index is 9.21. The molecule has 0 spiro atoms. The molecule has 0 radical (unpaired) electrons. The summed E-state index contributed by atoms with van der Waals surface area (Å²) in [4.78, 5) is 2.33. The van der Waals surface area contributed by atoms with Crippen molar-refractivity contribution < 1.29 is 9.84 Å². The van der Waals surface area contributed by atoms with E-state index in [2.05, 4.69) is 4.90 Å². The van der Waals surface area contributed by atoms with Crippen LogP contribution in [0, 0.1) is 5.92 Å². The molecule has 3 heteroatoms. The maximum atomic E-state index is 9.21. The summed E-state index contributed by atoms with van der Waals surface area (Å²) < 4.78 is 5.13. The van der Waals surface area contributed by atoms with Crippen LogP contribution in [0.3, 0.4) is 0 Å². The van der Waals surface area contributed by atoms with E-state index in [0.717, 1.165) is 32.2 Å². The van der Waals surface area contributed by atoms with Gasteiger partial charge in [-0.3, -0.25) is 0 Å². The van der Waals surface area contributed by atoms with Gasteiger partial charge in [-0.25, -0.2) is 0 Å². The number of rotatable bonds is 4. The summed E-state index contributed by atoms with van der Waals surface area (Å²) >= 11 is 0. The van der Waals surface area contributed by atoms with Crippen molar-refractivity contribution in [2.45, 2.75) is 25.9 Å². The number of hydrogen-bond donors (Lipinski definition) is 1. The van der Waals surface area contributed by atoms with Gasteiger partial charge in [0.15, 0.2) is 0 Å². The van der Waals surface area contributed by atoms with E-state index in [4.69, 9.17) is 4.74 Å². The third kappa shape index (κ3) is 4.07. The van der Waals surface area contributed by atoms with Crippen molar-refractivity contribution in [2.75, 3.05) is 33.4 Å². The fourth-order valence-electron chi connectivity index (χ4n) is 1.95. The molecule has 0 amide bonds. The van der Waals surface area contributed by atoms with Crippen molar-refractivity contribution in [3.63, 3.8) is 0 Å². The topological polar surface area (TPSA) is 32.7 Å². The standard InChI is InChI=1S/C10H21NO2/c1-9(12)7-11-5-3-10(4-6-11)8-13-2/h9-10,12H,3-8H2,1-2H3/t9-/m0/s1. The molecule has 0 saturated carbocycles. The zero-order chi connectivity index (χ0) is 9.68. The van der Waals surface area contributed by atoms with Crippen LogP contribution in [-0.2, 0) is 4.74 Å². The molecule has 78 valence electrons. The lowest BCUT2D eigenvalue weighted by Gasteiger charge is -2.32. The fourth-order valence-corrected chi connectivity index (χ4v) is 1.95. The van der Waals surface area contributed by atoms with Crippen molar-refractivity contribution in [3.8, 4) is 0 Å². The molecule has 1 atom stereocenters. The first kappa shape index (κ1) is 11.0. The minimum absolute atomic E-state index is 0.195. The summed E-state index contributed by atoms with van der Waals surface area (Å²) in [6.07, 6.45) is 2.22. The van der Waals surface area contributed by atoms with Gasteiger partial charge in [-0.2, -0.15) is 0 Å². The number of aliphatic hydroxyl groups is 1. The molecule has 0 aromatic heterocycles. The molecule has 1 heterocycles. The number of nitrogens with zero attached hydrogens (tertiary/aromatic N) is 1. The maximum Gasteiger partial charge on any atom is 0.0639 e. The molecule has 0 aliphatic carbocycles. The Labute approximate surface area is 80.7 Å². The molecule has 0 unspecified atom stereocenters. The molecule has 0 bridgehead atoms. The van der Waals surface area contributed by atoms with Gasteiger partial charge in [-0.05, 0) is 38.8 Å². The summed E-state index contributed by atoms with van der Waals surface area (Å²) in [5.74, 6) is 0.732. The van der Waals surface area contributed by atoms with E-state index >= 15 is 0 Å². The van der Waals surface area contributed by atoms with E-state index in [9.17, 15) is 5.11 Å². The van der Waals surface area contributed by atoms with Crippen LogP contribution < -0.4 is 0 Å². The average molecular weight is 187 g/mol. The second-order valence-corrected chi connectivity index (χ2v) is 4.05. The van der Waals surface area contributed by atoms with Crippen LogP contribution in [0.15, 0.2) is 0 Å². The summed E-state index contributed by atoms with van der Waals surface area (Å²) in [5, 5.41) is 9.21. The summed E-state index contributed by atoms with van der Waals surface area (Å²) in [6.45, 7) is 5.78. The van der Waals surface area contributed by atoms with E-state index in [1.165, 1.54) is 12.8 Å². The Morgan fingerprint density at radius 1 is 1.46 bits per heavy atom.